The number of thiazole rings is 1. The maximum atomic E-state index is 12.8. The molecule has 6 nitrogen and oxygen atoms in total. The first-order valence-corrected chi connectivity index (χ1v) is 10.7. The van der Waals surface area contributed by atoms with Gasteiger partial charge in [0.15, 0.2) is 6.10 Å². The van der Waals surface area contributed by atoms with E-state index in [0.29, 0.717) is 18.5 Å². The Bertz CT molecular complexity index is 1010. The van der Waals surface area contributed by atoms with Crippen LogP contribution in [0.5, 0.6) is 0 Å². The summed E-state index contributed by atoms with van der Waals surface area (Å²) >= 11 is 1.63. The summed E-state index contributed by atoms with van der Waals surface area (Å²) in [6.07, 6.45) is 0.797. The minimum Gasteiger partial charge on any atom is -0.453 e. The lowest BCUT2D eigenvalue weighted by molar-refractivity contribution is -0.154. The molecule has 1 aromatic heterocycles. The Morgan fingerprint density at radius 1 is 1.17 bits per heavy atom. The van der Waals surface area contributed by atoms with E-state index in [0.717, 1.165) is 15.2 Å². The molecule has 0 spiro atoms. The quantitative estimate of drug-likeness (QED) is 0.475. The van der Waals surface area contributed by atoms with Crippen LogP contribution < -0.4 is 4.90 Å². The smallest absolute Gasteiger partial charge is 0.306 e. The van der Waals surface area contributed by atoms with Crippen molar-refractivity contribution in [2.75, 3.05) is 11.4 Å². The van der Waals surface area contributed by atoms with E-state index in [4.69, 9.17) is 10.00 Å². The molecular weight excluding hydrogens is 398 g/mol. The van der Waals surface area contributed by atoms with Crippen LogP contribution in [-0.2, 0) is 20.7 Å². The second kappa shape index (κ2) is 10.5. The van der Waals surface area contributed by atoms with Gasteiger partial charge in [-0.1, -0.05) is 30.3 Å². The van der Waals surface area contributed by atoms with Crippen LogP contribution in [0, 0.1) is 11.3 Å². The van der Waals surface area contributed by atoms with Gasteiger partial charge in [0, 0.05) is 18.7 Å². The predicted octanol–water partition coefficient (Wildman–Crippen LogP) is 4.50. The van der Waals surface area contributed by atoms with E-state index in [-0.39, 0.29) is 25.3 Å². The average molecular weight is 422 g/mol. The molecule has 0 aliphatic heterocycles. The minimum absolute atomic E-state index is 0.198. The molecule has 3 aromatic rings. The number of aromatic nitrogens is 1. The van der Waals surface area contributed by atoms with Gasteiger partial charge in [0.25, 0.3) is 5.91 Å². The van der Waals surface area contributed by atoms with Crippen LogP contribution in [0.1, 0.15) is 31.2 Å². The molecule has 0 bridgehead atoms. The second-order valence-electron chi connectivity index (χ2n) is 6.79. The van der Waals surface area contributed by atoms with Crippen molar-refractivity contribution in [2.24, 2.45) is 0 Å². The monoisotopic (exact) mass is 421 g/mol. The van der Waals surface area contributed by atoms with Crippen LogP contribution in [-0.4, -0.2) is 29.5 Å². The average Bonchev–Trinajstić information content (AvgIpc) is 3.17. The molecular formula is C23H23N3O3S. The number of nitrogens with zero attached hydrogens (tertiary/aromatic N) is 3. The van der Waals surface area contributed by atoms with E-state index in [2.05, 4.69) is 4.98 Å². The Kier molecular flexibility index (Phi) is 7.52. The Hall–Kier alpha value is -3.24. The first kappa shape index (κ1) is 21.5. The summed E-state index contributed by atoms with van der Waals surface area (Å²) in [5.74, 6) is -0.749. The summed E-state index contributed by atoms with van der Waals surface area (Å²) in [5.41, 5.74) is 1.65. The third-order valence-electron chi connectivity index (χ3n) is 4.55. The number of ether oxygens (including phenoxy) is 1. The number of carbonyl (C=O) groups is 2. The summed E-state index contributed by atoms with van der Waals surface area (Å²) in [4.78, 5) is 31.1. The molecule has 154 valence electrons. The van der Waals surface area contributed by atoms with Crippen molar-refractivity contribution in [1.29, 1.82) is 5.26 Å². The number of fused-ring (bicyclic) bond motifs is 1. The van der Waals surface area contributed by atoms with Crippen LogP contribution in [0.4, 0.5) is 5.69 Å². The maximum absolute atomic E-state index is 12.8. The van der Waals surface area contributed by atoms with E-state index in [9.17, 15) is 9.59 Å². The van der Waals surface area contributed by atoms with Crippen LogP contribution in [0.25, 0.3) is 10.2 Å². The maximum Gasteiger partial charge on any atom is 0.306 e. The van der Waals surface area contributed by atoms with Gasteiger partial charge < -0.3 is 9.64 Å². The Morgan fingerprint density at radius 2 is 1.90 bits per heavy atom. The Balaban J connectivity index is 1.51. The molecule has 0 radical (unpaired) electrons. The lowest BCUT2D eigenvalue weighted by Gasteiger charge is -2.25. The van der Waals surface area contributed by atoms with E-state index in [1.807, 2.05) is 48.5 Å². The predicted molar refractivity (Wildman–Crippen MR) is 117 cm³/mol. The molecule has 0 saturated carbocycles. The molecule has 1 heterocycles. The number of aryl methyl sites for hydroxylation is 1. The zero-order chi connectivity index (χ0) is 21.3. The molecule has 30 heavy (non-hydrogen) atoms. The molecule has 0 unspecified atom stereocenters. The van der Waals surface area contributed by atoms with Crippen molar-refractivity contribution in [3.05, 3.63) is 59.6 Å². The van der Waals surface area contributed by atoms with Crippen LogP contribution in [0.15, 0.2) is 54.6 Å². The van der Waals surface area contributed by atoms with Crippen molar-refractivity contribution < 1.29 is 14.3 Å². The van der Waals surface area contributed by atoms with E-state index >= 15 is 0 Å². The molecule has 7 heteroatoms. The molecule has 2 aromatic carbocycles. The topological polar surface area (TPSA) is 83.3 Å². The standard InChI is InChI=1S/C23H23N3O3S/c1-17(23(28)26(16-8-15-24)18-9-3-2-4-10-18)29-22(27)14-7-13-21-25-19-11-5-6-12-20(19)30-21/h2-6,9-12,17H,7-8,13-14,16H2,1H3/t17-/m0/s1. The van der Waals surface area contributed by atoms with Crippen molar-refractivity contribution in [3.63, 3.8) is 0 Å². The molecule has 3 rings (SSSR count). The number of nitriles is 1. The van der Waals surface area contributed by atoms with Gasteiger partial charge >= 0.3 is 5.97 Å². The number of amides is 1. The van der Waals surface area contributed by atoms with E-state index in [1.165, 1.54) is 4.90 Å². The summed E-state index contributed by atoms with van der Waals surface area (Å²) in [5, 5.41) is 9.87. The van der Waals surface area contributed by atoms with Crippen LogP contribution in [0.2, 0.25) is 0 Å². The number of para-hydroxylation sites is 2. The lowest BCUT2D eigenvalue weighted by atomic mass is 10.2. The van der Waals surface area contributed by atoms with Crippen LogP contribution >= 0.6 is 11.3 Å². The number of hydrogen-bond donors (Lipinski definition) is 0. The normalized spacial score (nSPS) is 11.6. The Labute approximate surface area is 179 Å². The van der Waals surface area contributed by atoms with E-state index in [1.54, 1.807) is 30.4 Å². The third kappa shape index (κ3) is 5.65. The van der Waals surface area contributed by atoms with Gasteiger partial charge in [-0.05, 0) is 44.0 Å². The molecule has 0 aliphatic rings. The lowest BCUT2D eigenvalue weighted by Crippen LogP contribution is -2.40. The van der Waals surface area contributed by atoms with Gasteiger partial charge in [-0.3, -0.25) is 9.59 Å². The molecule has 0 fully saturated rings. The van der Waals surface area contributed by atoms with Gasteiger partial charge in [-0.15, -0.1) is 11.3 Å². The summed E-state index contributed by atoms with van der Waals surface area (Å²) < 4.78 is 6.49. The fraction of sp³-hybridized carbons (Fsp3) is 0.304. The minimum atomic E-state index is -0.918. The van der Waals surface area contributed by atoms with Gasteiger partial charge in [-0.2, -0.15) is 5.26 Å². The number of hydrogen-bond acceptors (Lipinski definition) is 6. The molecule has 0 saturated heterocycles. The highest BCUT2D eigenvalue weighted by Crippen LogP contribution is 2.23. The van der Waals surface area contributed by atoms with Crippen LogP contribution in [0.3, 0.4) is 0 Å². The molecule has 0 N–H and O–H groups in total. The molecule has 1 amide bonds. The summed E-state index contributed by atoms with van der Waals surface area (Å²) in [6, 6.07) is 19.1. The Morgan fingerprint density at radius 3 is 2.63 bits per heavy atom. The largest absolute Gasteiger partial charge is 0.453 e. The summed E-state index contributed by atoms with van der Waals surface area (Å²) in [6.45, 7) is 1.81. The highest BCUT2D eigenvalue weighted by molar-refractivity contribution is 7.18. The van der Waals surface area contributed by atoms with E-state index < -0.39 is 12.1 Å². The number of anilines is 1. The van der Waals surface area contributed by atoms with Crippen molar-refractivity contribution >= 4 is 39.1 Å². The third-order valence-corrected chi connectivity index (χ3v) is 5.64. The van der Waals surface area contributed by atoms with Gasteiger partial charge in [0.1, 0.15) is 0 Å². The first-order chi connectivity index (χ1) is 14.6. The highest BCUT2D eigenvalue weighted by atomic mass is 32.1. The fourth-order valence-corrected chi connectivity index (χ4v) is 4.08. The zero-order valence-corrected chi connectivity index (χ0v) is 17.6. The fourth-order valence-electron chi connectivity index (χ4n) is 3.07. The summed E-state index contributed by atoms with van der Waals surface area (Å²) in [7, 11) is 0. The van der Waals surface area contributed by atoms with Crippen molar-refractivity contribution in [3.8, 4) is 6.07 Å². The van der Waals surface area contributed by atoms with Gasteiger partial charge in [-0.25, -0.2) is 4.98 Å². The van der Waals surface area contributed by atoms with Gasteiger partial charge in [0.05, 0.1) is 27.7 Å². The second-order valence-corrected chi connectivity index (χ2v) is 7.91. The zero-order valence-electron chi connectivity index (χ0n) is 16.8. The first-order valence-electron chi connectivity index (χ1n) is 9.86. The van der Waals surface area contributed by atoms with Crippen molar-refractivity contribution in [2.45, 2.75) is 38.7 Å². The SMILES string of the molecule is C[C@H](OC(=O)CCCc1nc2ccccc2s1)C(=O)N(CCC#N)c1ccccc1. The number of carbonyl (C=O) groups excluding carboxylic acids is 2. The molecule has 1 atom stereocenters. The van der Waals surface area contributed by atoms with Gasteiger partial charge in [0.2, 0.25) is 0 Å². The highest BCUT2D eigenvalue weighted by Gasteiger charge is 2.24. The number of rotatable bonds is 9. The van der Waals surface area contributed by atoms with Crippen molar-refractivity contribution in [1.82, 2.24) is 4.98 Å². The molecule has 0 aliphatic carbocycles. The number of benzene rings is 2. The number of esters is 1.